The molecule has 1 amide bonds. The molecule has 0 radical (unpaired) electrons. The summed E-state index contributed by atoms with van der Waals surface area (Å²) in [5.41, 5.74) is 2.14. The number of piperidine rings is 1. The number of anilines is 1. The minimum atomic E-state index is 0.235. The van der Waals surface area contributed by atoms with Crippen LogP contribution in [-0.4, -0.2) is 31.0 Å². The zero-order valence-electron chi connectivity index (χ0n) is 16.0. The fourth-order valence-electron chi connectivity index (χ4n) is 2.73. The maximum atomic E-state index is 12.0. The molecular formula is C20H32N4O. The van der Waals surface area contributed by atoms with Crippen LogP contribution < -0.4 is 15.5 Å². The van der Waals surface area contributed by atoms with E-state index in [1.54, 1.807) is 0 Å². The van der Waals surface area contributed by atoms with Crippen molar-refractivity contribution in [2.24, 2.45) is 10.9 Å². The maximum Gasteiger partial charge on any atom is 0.226 e. The van der Waals surface area contributed by atoms with Crippen LogP contribution in [0.25, 0.3) is 0 Å². The second kappa shape index (κ2) is 9.44. The van der Waals surface area contributed by atoms with Gasteiger partial charge in [0.15, 0.2) is 5.96 Å². The molecule has 0 bridgehead atoms. The van der Waals surface area contributed by atoms with Gasteiger partial charge in [-0.3, -0.25) is 4.79 Å². The van der Waals surface area contributed by atoms with Gasteiger partial charge in [-0.1, -0.05) is 26.0 Å². The first kappa shape index (κ1) is 19.3. The molecule has 0 aliphatic carbocycles. The molecule has 1 heterocycles. The number of aliphatic imine (C=N–C) groups is 1. The quantitative estimate of drug-likeness (QED) is 0.615. The van der Waals surface area contributed by atoms with Crippen molar-refractivity contribution in [3.8, 4) is 0 Å². The van der Waals surface area contributed by atoms with E-state index in [4.69, 9.17) is 0 Å². The van der Waals surface area contributed by atoms with E-state index >= 15 is 0 Å². The Hall–Kier alpha value is -2.04. The number of nitrogens with one attached hydrogen (secondary N) is 2. The molecule has 5 nitrogen and oxygen atoms in total. The van der Waals surface area contributed by atoms with Crippen molar-refractivity contribution in [2.45, 2.75) is 59.5 Å². The van der Waals surface area contributed by atoms with Gasteiger partial charge in [0.2, 0.25) is 5.91 Å². The summed E-state index contributed by atoms with van der Waals surface area (Å²) >= 11 is 0. The van der Waals surface area contributed by atoms with Gasteiger partial charge in [-0.05, 0) is 50.3 Å². The third-order valence-corrected chi connectivity index (χ3v) is 4.70. The lowest BCUT2D eigenvalue weighted by molar-refractivity contribution is -0.119. The van der Waals surface area contributed by atoms with Gasteiger partial charge in [-0.2, -0.15) is 0 Å². The highest BCUT2D eigenvalue weighted by atomic mass is 16.2. The summed E-state index contributed by atoms with van der Waals surface area (Å²) in [5.74, 6) is 1.63. The van der Waals surface area contributed by atoms with Gasteiger partial charge >= 0.3 is 0 Å². The second-order valence-corrected chi connectivity index (χ2v) is 7.04. The van der Waals surface area contributed by atoms with Crippen LogP contribution in [0.4, 0.5) is 5.69 Å². The Morgan fingerprint density at radius 3 is 2.52 bits per heavy atom. The Bertz CT molecular complexity index is 580. The van der Waals surface area contributed by atoms with Crippen molar-refractivity contribution in [3.63, 3.8) is 0 Å². The molecule has 0 saturated carbocycles. The number of nitrogens with zero attached hydrogens (tertiary/aromatic N) is 2. The standard InChI is InChI=1S/C20H32N4O/c1-5-21-20(23-16(4)15(2)3)22-14-17-9-11-18(12-10-17)24-13-7-6-8-19(24)25/h9-12,15-16H,5-8,13-14H2,1-4H3,(H2,21,22,23). The summed E-state index contributed by atoms with van der Waals surface area (Å²) in [5, 5.41) is 6.74. The maximum absolute atomic E-state index is 12.0. The molecule has 1 fully saturated rings. The Kier molecular flexibility index (Phi) is 7.29. The first-order valence-corrected chi connectivity index (χ1v) is 9.45. The van der Waals surface area contributed by atoms with E-state index in [2.05, 4.69) is 55.5 Å². The average Bonchev–Trinajstić information content (AvgIpc) is 2.60. The van der Waals surface area contributed by atoms with Gasteiger partial charge < -0.3 is 15.5 Å². The van der Waals surface area contributed by atoms with Crippen molar-refractivity contribution in [1.29, 1.82) is 0 Å². The predicted octanol–water partition coefficient (Wildman–Crippen LogP) is 3.30. The first-order valence-electron chi connectivity index (χ1n) is 9.45. The lowest BCUT2D eigenvalue weighted by atomic mass is 10.1. The highest BCUT2D eigenvalue weighted by Crippen LogP contribution is 2.21. The SMILES string of the molecule is CCNC(=NCc1ccc(N2CCCCC2=O)cc1)NC(C)C(C)C. The van der Waals surface area contributed by atoms with E-state index in [9.17, 15) is 4.79 Å². The van der Waals surface area contributed by atoms with Gasteiger partial charge in [-0.15, -0.1) is 0 Å². The number of amides is 1. The lowest BCUT2D eigenvalue weighted by Crippen LogP contribution is -2.44. The number of hydrogen-bond acceptors (Lipinski definition) is 2. The van der Waals surface area contributed by atoms with E-state index < -0.39 is 0 Å². The molecule has 2 N–H and O–H groups in total. The van der Waals surface area contributed by atoms with Gasteiger partial charge in [0, 0.05) is 31.2 Å². The molecule has 2 rings (SSSR count). The third kappa shape index (κ3) is 5.76. The fraction of sp³-hybridized carbons (Fsp3) is 0.600. The van der Waals surface area contributed by atoms with Gasteiger partial charge in [-0.25, -0.2) is 4.99 Å². The van der Waals surface area contributed by atoms with Crippen LogP contribution in [0.2, 0.25) is 0 Å². The molecule has 1 atom stereocenters. The van der Waals surface area contributed by atoms with Gasteiger partial charge in [0.25, 0.3) is 0 Å². The highest BCUT2D eigenvalue weighted by molar-refractivity contribution is 5.93. The monoisotopic (exact) mass is 344 g/mol. The van der Waals surface area contributed by atoms with Crippen LogP contribution in [0, 0.1) is 5.92 Å². The van der Waals surface area contributed by atoms with Crippen LogP contribution >= 0.6 is 0 Å². The molecule has 1 aliphatic heterocycles. The fourth-order valence-corrected chi connectivity index (χ4v) is 2.73. The van der Waals surface area contributed by atoms with Gasteiger partial charge in [0.1, 0.15) is 0 Å². The Morgan fingerprint density at radius 1 is 1.20 bits per heavy atom. The van der Waals surface area contributed by atoms with Crippen LogP contribution in [0.15, 0.2) is 29.3 Å². The molecule has 138 valence electrons. The van der Waals surface area contributed by atoms with E-state index in [1.165, 1.54) is 0 Å². The molecule has 1 aliphatic rings. The van der Waals surface area contributed by atoms with Crippen molar-refractivity contribution in [3.05, 3.63) is 29.8 Å². The first-order chi connectivity index (χ1) is 12.0. The van der Waals surface area contributed by atoms with Crippen molar-refractivity contribution >= 4 is 17.6 Å². The molecule has 0 spiro atoms. The Labute approximate surface area is 151 Å². The number of carbonyl (C=O) groups excluding carboxylic acids is 1. The van der Waals surface area contributed by atoms with E-state index in [1.807, 2.05) is 17.0 Å². The minimum absolute atomic E-state index is 0.235. The normalized spacial score (nSPS) is 16.9. The Balaban J connectivity index is 1.99. The summed E-state index contributed by atoms with van der Waals surface area (Å²) < 4.78 is 0. The molecule has 0 aromatic heterocycles. The smallest absolute Gasteiger partial charge is 0.226 e. The summed E-state index contributed by atoms with van der Waals surface area (Å²) in [6.45, 7) is 10.9. The summed E-state index contributed by atoms with van der Waals surface area (Å²) in [6.07, 6.45) is 2.76. The van der Waals surface area contributed by atoms with Gasteiger partial charge in [0.05, 0.1) is 6.54 Å². The number of carbonyl (C=O) groups is 1. The molecule has 1 aromatic rings. The van der Waals surface area contributed by atoms with E-state index in [0.29, 0.717) is 24.9 Å². The lowest BCUT2D eigenvalue weighted by Gasteiger charge is -2.26. The predicted molar refractivity (Wildman–Crippen MR) is 105 cm³/mol. The van der Waals surface area contributed by atoms with Crippen LogP contribution in [0.3, 0.4) is 0 Å². The number of hydrogen-bond donors (Lipinski definition) is 2. The van der Waals surface area contributed by atoms with E-state index in [0.717, 1.165) is 43.1 Å². The van der Waals surface area contributed by atoms with Crippen molar-refractivity contribution in [2.75, 3.05) is 18.0 Å². The molecule has 25 heavy (non-hydrogen) atoms. The zero-order valence-corrected chi connectivity index (χ0v) is 16.0. The van der Waals surface area contributed by atoms with Crippen LogP contribution in [0.1, 0.15) is 52.5 Å². The van der Waals surface area contributed by atoms with Crippen molar-refractivity contribution < 1.29 is 4.79 Å². The molecule has 1 saturated heterocycles. The molecule has 5 heteroatoms. The second-order valence-electron chi connectivity index (χ2n) is 7.04. The minimum Gasteiger partial charge on any atom is -0.357 e. The summed E-state index contributed by atoms with van der Waals surface area (Å²) in [6, 6.07) is 8.56. The average molecular weight is 345 g/mol. The van der Waals surface area contributed by atoms with Crippen LogP contribution in [-0.2, 0) is 11.3 Å². The van der Waals surface area contributed by atoms with Crippen LogP contribution in [0.5, 0.6) is 0 Å². The molecule has 1 unspecified atom stereocenters. The topological polar surface area (TPSA) is 56.7 Å². The molecular weight excluding hydrogens is 312 g/mol. The number of benzene rings is 1. The highest BCUT2D eigenvalue weighted by Gasteiger charge is 2.19. The summed E-state index contributed by atoms with van der Waals surface area (Å²) in [7, 11) is 0. The Morgan fingerprint density at radius 2 is 1.92 bits per heavy atom. The van der Waals surface area contributed by atoms with Crippen molar-refractivity contribution in [1.82, 2.24) is 10.6 Å². The largest absolute Gasteiger partial charge is 0.357 e. The number of guanidine groups is 1. The summed E-state index contributed by atoms with van der Waals surface area (Å²) in [4.78, 5) is 18.6. The molecule has 1 aromatic carbocycles. The third-order valence-electron chi connectivity index (χ3n) is 4.70. The zero-order chi connectivity index (χ0) is 18.2. The number of rotatable bonds is 6. The van der Waals surface area contributed by atoms with E-state index in [-0.39, 0.29) is 5.91 Å².